The summed E-state index contributed by atoms with van der Waals surface area (Å²) in [6, 6.07) is 17.0. The number of nitrogens with zero attached hydrogens (tertiary/aromatic N) is 2. The molecule has 1 saturated heterocycles. The van der Waals surface area contributed by atoms with E-state index in [2.05, 4.69) is 0 Å². The van der Waals surface area contributed by atoms with Gasteiger partial charge in [-0.3, -0.25) is 24.6 Å². The Labute approximate surface area is 186 Å². The lowest BCUT2D eigenvalue weighted by Gasteiger charge is -2.12. The topological polar surface area (TPSA) is 89.8 Å². The number of ether oxygens (including phenoxy) is 1. The number of nitro benzene ring substituents is 1. The fraction of sp³-hybridized carbons (Fsp3) is 0.0909. The zero-order chi connectivity index (χ0) is 22.0. The van der Waals surface area contributed by atoms with Crippen molar-refractivity contribution < 1.29 is 19.2 Å². The number of non-ortho nitro benzene ring substituents is 1. The summed E-state index contributed by atoms with van der Waals surface area (Å²) >= 11 is 2.22. The molecule has 0 radical (unpaired) electrons. The van der Waals surface area contributed by atoms with E-state index in [0.717, 1.165) is 27.8 Å². The molecule has 1 aliphatic heterocycles. The van der Waals surface area contributed by atoms with Gasteiger partial charge in [0.1, 0.15) is 5.75 Å². The van der Waals surface area contributed by atoms with Crippen LogP contribution in [0.3, 0.4) is 0 Å². The van der Waals surface area contributed by atoms with Crippen LogP contribution in [0.25, 0.3) is 6.08 Å². The summed E-state index contributed by atoms with van der Waals surface area (Å²) in [5.74, 6) is 0.152. The Morgan fingerprint density at radius 3 is 2.42 bits per heavy atom. The first-order chi connectivity index (χ1) is 14.9. The summed E-state index contributed by atoms with van der Waals surface area (Å²) in [5.41, 5.74) is 1.99. The summed E-state index contributed by atoms with van der Waals surface area (Å²) in [4.78, 5) is 37.7. The van der Waals surface area contributed by atoms with Crippen molar-refractivity contribution in [2.45, 2.75) is 13.5 Å². The van der Waals surface area contributed by atoms with Gasteiger partial charge in [-0.05, 0) is 54.6 Å². The highest BCUT2D eigenvalue weighted by molar-refractivity contribution is 8.18. The van der Waals surface area contributed by atoms with Gasteiger partial charge in [-0.15, -0.1) is 0 Å². The van der Waals surface area contributed by atoms with E-state index in [4.69, 9.17) is 4.74 Å². The molecule has 2 amide bonds. The van der Waals surface area contributed by atoms with Gasteiger partial charge in [0.25, 0.3) is 16.8 Å². The third kappa shape index (κ3) is 4.84. The van der Waals surface area contributed by atoms with Gasteiger partial charge in [0, 0.05) is 17.0 Å². The minimum absolute atomic E-state index is 0.0134. The maximum atomic E-state index is 12.7. The fourth-order valence-corrected chi connectivity index (χ4v) is 4.58. The molecule has 2 aromatic carbocycles. The second-order valence-corrected chi connectivity index (χ2v) is 8.83. The van der Waals surface area contributed by atoms with E-state index >= 15 is 0 Å². The molecular weight excluding hydrogens is 436 g/mol. The average molecular weight is 453 g/mol. The molecule has 9 heteroatoms. The second kappa shape index (κ2) is 8.75. The number of rotatable bonds is 6. The smallest absolute Gasteiger partial charge is 0.293 e. The number of aryl methyl sites for hydroxylation is 1. The molecule has 4 rings (SSSR count). The van der Waals surface area contributed by atoms with Gasteiger partial charge in [0.15, 0.2) is 5.06 Å². The fourth-order valence-electron chi connectivity index (χ4n) is 2.86. The van der Waals surface area contributed by atoms with Crippen LogP contribution in [0.2, 0.25) is 0 Å². The Balaban J connectivity index is 1.44. The van der Waals surface area contributed by atoms with Crippen molar-refractivity contribution in [1.29, 1.82) is 0 Å². The van der Waals surface area contributed by atoms with E-state index in [1.54, 1.807) is 18.2 Å². The zero-order valence-electron chi connectivity index (χ0n) is 16.3. The van der Waals surface area contributed by atoms with E-state index in [1.807, 2.05) is 31.2 Å². The van der Waals surface area contributed by atoms with Gasteiger partial charge in [-0.1, -0.05) is 41.2 Å². The number of hydrogen-bond acceptors (Lipinski definition) is 7. The number of hydrogen-bond donors (Lipinski definition) is 0. The van der Waals surface area contributed by atoms with Crippen molar-refractivity contribution >= 4 is 46.0 Å². The molecule has 0 spiro atoms. The number of nitro groups is 1. The second-order valence-electron chi connectivity index (χ2n) is 6.76. The van der Waals surface area contributed by atoms with E-state index in [-0.39, 0.29) is 23.4 Å². The average Bonchev–Trinajstić information content (AvgIpc) is 3.29. The van der Waals surface area contributed by atoms with Crippen molar-refractivity contribution in [2.24, 2.45) is 0 Å². The van der Waals surface area contributed by atoms with Gasteiger partial charge >= 0.3 is 0 Å². The molecule has 2 heterocycles. The molecule has 7 nitrogen and oxygen atoms in total. The van der Waals surface area contributed by atoms with Crippen molar-refractivity contribution in [2.75, 3.05) is 0 Å². The molecule has 0 atom stereocenters. The van der Waals surface area contributed by atoms with Gasteiger partial charge in [0.05, 0.1) is 16.4 Å². The van der Waals surface area contributed by atoms with Gasteiger partial charge in [-0.2, -0.15) is 0 Å². The minimum Gasteiger partial charge on any atom is -0.447 e. The lowest BCUT2D eigenvalue weighted by Crippen LogP contribution is -2.27. The monoisotopic (exact) mass is 452 g/mol. The van der Waals surface area contributed by atoms with Crippen molar-refractivity contribution in [3.05, 3.63) is 91.7 Å². The molecule has 31 heavy (non-hydrogen) atoms. The molecular formula is C22H16N2O5S2. The Morgan fingerprint density at radius 2 is 1.74 bits per heavy atom. The Hall–Kier alpha value is -3.43. The maximum Gasteiger partial charge on any atom is 0.293 e. The van der Waals surface area contributed by atoms with E-state index < -0.39 is 4.92 Å². The number of carbonyl (C=O) groups is 2. The highest BCUT2D eigenvalue weighted by Crippen LogP contribution is 2.36. The van der Waals surface area contributed by atoms with Crippen LogP contribution in [-0.2, 0) is 11.3 Å². The van der Waals surface area contributed by atoms with Crippen LogP contribution in [0.1, 0.15) is 16.0 Å². The van der Waals surface area contributed by atoms with E-state index in [9.17, 15) is 19.7 Å². The Kier molecular flexibility index (Phi) is 5.88. The minimum atomic E-state index is -0.473. The maximum absolute atomic E-state index is 12.7. The molecule has 3 aromatic rings. The highest BCUT2D eigenvalue weighted by atomic mass is 32.2. The first kappa shape index (κ1) is 20.8. The third-order valence-electron chi connectivity index (χ3n) is 4.48. The predicted octanol–water partition coefficient (Wildman–Crippen LogP) is 5.99. The van der Waals surface area contributed by atoms with Crippen molar-refractivity contribution in [3.63, 3.8) is 0 Å². The van der Waals surface area contributed by atoms with Crippen LogP contribution in [-0.4, -0.2) is 21.0 Å². The molecule has 1 aromatic heterocycles. The highest BCUT2D eigenvalue weighted by Gasteiger charge is 2.35. The predicted molar refractivity (Wildman–Crippen MR) is 120 cm³/mol. The quantitative estimate of drug-likeness (QED) is 0.259. The van der Waals surface area contributed by atoms with Gasteiger partial charge in [0.2, 0.25) is 0 Å². The molecule has 0 aliphatic carbocycles. The molecule has 0 N–H and O–H groups in total. The number of thioether (sulfide) groups is 1. The van der Waals surface area contributed by atoms with Crippen LogP contribution in [0.4, 0.5) is 10.5 Å². The molecule has 1 aliphatic rings. The Bertz CT molecular complexity index is 1180. The van der Waals surface area contributed by atoms with Crippen LogP contribution < -0.4 is 4.74 Å². The zero-order valence-corrected chi connectivity index (χ0v) is 17.9. The van der Waals surface area contributed by atoms with Gasteiger partial charge < -0.3 is 4.74 Å². The summed E-state index contributed by atoms with van der Waals surface area (Å²) < 4.78 is 5.71. The van der Waals surface area contributed by atoms with Crippen LogP contribution in [0, 0.1) is 17.0 Å². The number of benzene rings is 2. The first-order valence-corrected chi connectivity index (χ1v) is 10.9. The van der Waals surface area contributed by atoms with Gasteiger partial charge in [-0.25, -0.2) is 0 Å². The number of carbonyl (C=O) groups excluding carboxylic acids is 2. The number of thiophene rings is 1. The van der Waals surface area contributed by atoms with E-state index in [0.29, 0.717) is 15.7 Å². The Morgan fingerprint density at radius 1 is 1.03 bits per heavy atom. The van der Waals surface area contributed by atoms with Crippen LogP contribution in [0.5, 0.6) is 10.8 Å². The lowest BCUT2D eigenvalue weighted by molar-refractivity contribution is -0.384. The SMILES string of the molecule is Cc1ccc(CN2C(=O)S/C(=C\c3ccc(Oc4ccc([N+](=O)[O-])cc4)s3)C2=O)cc1. The van der Waals surface area contributed by atoms with Crippen molar-refractivity contribution in [1.82, 2.24) is 4.90 Å². The number of amides is 2. The third-order valence-corrected chi connectivity index (χ3v) is 6.29. The normalized spacial score (nSPS) is 15.0. The summed E-state index contributed by atoms with van der Waals surface area (Å²) in [6.07, 6.45) is 1.67. The number of imide groups is 1. The van der Waals surface area contributed by atoms with Crippen molar-refractivity contribution in [3.8, 4) is 10.8 Å². The summed E-state index contributed by atoms with van der Waals surface area (Å²) in [7, 11) is 0. The van der Waals surface area contributed by atoms with E-state index in [1.165, 1.54) is 40.5 Å². The molecule has 156 valence electrons. The summed E-state index contributed by atoms with van der Waals surface area (Å²) in [6.45, 7) is 2.22. The molecule has 0 bridgehead atoms. The largest absolute Gasteiger partial charge is 0.447 e. The lowest BCUT2D eigenvalue weighted by atomic mass is 10.1. The first-order valence-electron chi connectivity index (χ1n) is 9.22. The molecule has 1 fully saturated rings. The van der Waals surface area contributed by atoms with Crippen LogP contribution in [0.15, 0.2) is 65.6 Å². The standard InChI is InChI=1S/C22H16N2O5S2/c1-14-2-4-15(5-3-14)13-23-21(25)19(31-22(23)26)12-18-10-11-20(30-18)29-17-8-6-16(7-9-17)24(27)28/h2-12H,13H2,1H3/b19-12-. The van der Waals surface area contributed by atoms with Crippen LogP contribution >= 0.6 is 23.1 Å². The molecule has 0 unspecified atom stereocenters. The summed E-state index contributed by atoms with van der Waals surface area (Å²) in [5, 5.41) is 11.0. The molecule has 0 saturated carbocycles.